The van der Waals surface area contributed by atoms with Gasteiger partial charge >= 0.3 is 0 Å². The molecule has 1 saturated heterocycles. The molecule has 2 unspecified atom stereocenters. The van der Waals surface area contributed by atoms with Gasteiger partial charge in [-0.3, -0.25) is 4.79 Å². The topological polar surface area (TPSA) is 41.6 Å². The Morgan fingerprint density at radius 2 is 2.33 bits per heavy atom. The zero-order valence-corrected chi connectivity index (χ0v) is 13.1. The van der Waals surface area contributed by atoms with E-state index in [4.69, 9.17) is 4.74 Å². The summed E-state index contributed by atoms with van der Waals surface area (Å²) in [6.07, 6.45) is 0. The lowest BCUT2D eigenvalue weighted by atomic mass is 10.1. The van der Waals surface area contributed by atoms with Crippen LogP contribution in [0.1, 0.15) is 23.5 Å². The molecular formula is C12H17BrN2O2S. The smallest absolute Gasteiger partial charge is 0.264 e. The van der Waals surface area contributed by atoms with Gasteiger partial charge in [-0.25, -0.2) is 0 Å². The maximum absolute atomic E-state index is 12.5. The molecule has 0 saturated carbocycles. The van der Waals surface area contributed by atoms with Crippen molar-refractivity contribution in [3.05, 3.63) is 14.7 Å². The van der Waals surface area contributed by atoms with Gasteiger partial charge in [-0.2, -0.15) is 0 Å². The average molecular weight is 333 g/mol. The van der Waals surface area contributed by atoms with E-state index < -0.39 is 0 Å². The molecule has 1 amide bonds. The number of amides is 1. The summed E-state index contributed by atoms with van der Waals surface area (Å²) in [5.74, 6) is 0.809. The van der Waals surface area contributed by atoms with Gasteiger partial charge in [-0.1, -0.05) is 0 Å². The van der Waals surface area contributed by atoms with Gasteiger partial charge in [-0.05, 0) is 29.8 Å². The third-order valence-electron chi connectivity index (χ3n) is 3.38. The first-order chi connectivity index (χ1) is 8.54. The minimum atomic E-state index is 0.0878. The minimum absolute atomic E-state index is 0.0878. The van der Waals surface area contributed by atoms with Crippen molar-refractivity contribution < 1.29 is 9.53 Å². The first-order valence-corrected chi connectivity index (χ1v) is 7.53. The van der Waals surface area contributed by atoms with Crippen molar-refractivity contribution in [2.24, 2.45) is 0 Å². The number of ether oxygens (including phenoxy) is 1. The number of nitrogens with one attached hydrogen (secondary N) is 1. The Kier molecular flexibility index (Phi) is 4.29. The summed E-state index contributed by atoms with van der Waals surface area (Å²) in [7, 11) is 1.61. The third-order valence-corrected chi connectivity index (χ3v) is 5.15. The maximum atomic E-state index is 12.5. The summed E-state index contributed by atoms with van der Waals surface area (Å²) >= 11 is 4.83. The molecule has 0 radical (unpaired) electrons. The van der Waals surface area contributed by atoms with Crippen LogP contribution < -0.4 is 10.1 Å². The fourth-order valence-corrected chi connectivity index (χ4v) is 3.69. The molecule has 2 heterocycles. The number of thiophene rings is 1. The number of carbonyl (C=O) groups is 1. The summed E-state index contributed by atoms with van der Waals surface area (Å²) in [5.41, 5.74) is 0. The average Bonchev–Trinajstić information content (AvgIpc) is 2.73. The fraction of sp³-hybridized carbons (Fsp3) is 0.583. The van der Waals surface area contributed by atoms with Crippen LogP contribution in [0.4, 0.5) is 0 Å². The van der Waals surface area contributed by atoms with E-state index in [0.717, 1.165) is 27.5 Å². The highest BCUT2D eigenvalue weighted by Crippen LogP contribution is 2.35. The van der Waals surface area contributed by atoms with E-state index in [9.17, 15) is 4.79 Å². The SMILES string of the molecule is COc1cc(C(=O)N2CCNC(C)C2C)sc1Br. The van der Waals surface area contributed by atoms with E-state index in [0.29, 0.717) is 6.04 Å². The molecular weight excluding hydrogens is 316 g/mol. The van der Waals surface area contributed by atoms with Crippen LogP contribution in [0.2, 0.25) is 0 Å². The number of carbonyl (C=O) groups excluding carboxylic acids is 1. The van der Waals surface area contributed by atoms with E-state index in [1.807, 2.05) is 4.90 Å². The number of methoxy groups -OCH3 is 1. The molecule has 1 aliphatic heterocycles. The zero-order valence-electron chi connectivity index (χ0n) is 10.7. The van der Waals surface area contributed by atoms with Crippen LogP contribution in [0.25, 0.3) is 0 Å². The largest absolute Gasteiger partial charge is 0.495 e. The lowest BCUT2D eigenvalue weighted by Gasteiger charge is -2.38. The minimum Gasteiger partial charge on any atom is -0.495 e. The van der Waals surface area contributed by atoms with Gasteiger partial charge in [0.1, 0.15) is 9.54 Å². The number of hydrogen-bond donors (Lipinski definition) is 1. The maximum Gasteiger partial charge on any atom is 0.264 e. The Morgan fingerprint density at radius 3 is 2.94 bits per heavy atom. The molecule has 0 spiro atoms. The third kappa shape index (κ3) is 2.55. The van der Waals surface area contributed by atoms with Crippen LogP contribution in [0.5, 0.6) is 5.75 Å². The molecule has 18 heavy (non-hydrogen) atoms. The molecule has 2 rings (SSSR count). The molecule has 1 fully saturated rings. The number of halogens is 1. The number of nitrogens with zero attached hydrogens (tertiary/aromatic N) is 1. The van der Waals surface area contributed by atoms with Crippen molar-refractivity contribution in [1.82, 2.24) is 10.2 Å². The highest BCUT2D eigenvalue weighted by Gasteiger charge is 2.30. The molecule has 0 aromatic carbocycles. The Bertz CT molecular complexity index is 449. The summed E-state index contributed by atoms with van der Waals surface area (Å²) in [6, 6.07) is 2.34. The lowest BCUT2D eigenvalue weighted by Crippen LogP contribution is -2.57. The van der Waals surface area contributed by atoms with Crippen LogP contribution >= 0.6 is 27.3 Å². The standard InChI is InChI=1S/C12H17BrN2O2S/c1-7-8(2)15(5-4-14-7)12(16)10-6-9(17-3)11(13)18-10/h6-8,14H,4-5H2,1-3H3. The molecule has 0 bridgehead atoms. The van der Waals surface area contributed by atoms with Crippen LogP contribution in [-0.2, 0) is 0 Å². The molecule has 100 valence electrons. The molecule has 6 heteroatoms. The van der Waals surface area contributed by atoms with Crippen molar-refractivity contribution >= 4 is 33.2 Å². The first kappa shape index (κ1) is 13.8. The van der Waals surface area contributed by atoms with Gasteiger partial charge in [-0.15, -0.1) is 11.3 Å². The van der Waals surface area contributed by atoms with Gasteiger partial charge in [0.2, 0.25) is 0 Å². The van der Waals surface area contributed by atoms with Crippen molar-refractivity contribution in [3.63, 3.8) is 0 Å². The number of piperazine rings is 1. The zero-order chi connectivity index (χ0) is 13.3. The van der Waals surface area contributed by atoms with Crippen LogP contribution in [0.3, 0.4) is 0 Å². The Morgan fingerprint density at radius 1 is 1.61 bits per heavy atom. The molecule has 4 nitrogen and oxygen atoms in total. The van der Waals surface area contributed by atoms with E-state index in [1.165, 1.54) is 11.3 Å². The van der Waals surface area contributed by atoms with Gasteiger partial charge in [0.05, 0.1) is 12.0 Å². The van der Waals surface area contributed by atoms with Gasteiger partial charge in [0.15, 0.2) is 0 Å². The second-order valence-corrected chi connectivity index (χ2v) is 6.80. The van der Waals surface area contributed by atoms with Crippen LogP contribution in [0.15, 0.2) is 9.85 Å². The van der Waals surface area contributed by atoms with E-state index >= 15 is 0 Å². The molecule has 1 aromatic rings. The van der Waals surface area contributed by atoms with Gasteiger partial charge in [0, 0.05) is 31.2 Å². The summed E-state index contributed by atoms with van der Waals surface area (Å²) in [4.78, 5) is 15.1. The van der Waals surface area contributed by atoms with Gasteiger partial charge < -0.3 is 15.0 Å². The van der Waals surface area contributed by atoms with Crippen molar-refractivity contribution in [2.45, 2.75) is 25.9 Å². The Balaban J connectivity index is 2.19. The van der Waals surface area contributed by atoms with Crippen molar-refractivity contribution in [1.29, 1.82) is 0 Å². The number of rotatable bonds is 2. The predicted octanol–water partition coefficient (Wildman–Crippen LogP) is 2.34. The second-order valence-electron chi connectivity index (χ2n) is 4.43. The van der Waals surface area contributed by atoms with Crippen molar-refractivity contribution in [3.8, 4) is 5.75 Å². The monoisotopic (exact) mass is 332 g/mol. The first-order valence-electron chi connectivity index (χ1n) is 5.92. The molecule has 1 aliphatic rings. The quantitative estimate of drug-likeness (QED) is 0.903. The molecule has 0 aliphatic carbocycles. The van der Waals surface area contributed by atoms with Crippen LogP contribution in [-0.4, -0.2) is 43.1 Å². The summed E-state index contributed by atoms with van der Waals surface area (Å²) in [6.45, 7) is 5.78. The lowest BCUT2D eigenvalue weighted by molar-refractivity contribution is 0.0608. The molecule has 2 atom stereocenters. The second kappa shape index (κ2) is 5.59. The summed E-state index contributed by atoms with van der Waals surface area (Å²) < 4.78 is 6.06. The molecule has 1 aromatic heterocycles. The molecule has 1 N–H and O–H groups in total. The van der Waals surface area contributed by atoms with Crippen molar-refractivity contribution in [2.75, 3.05) is 20.2 Å². The highest BCUT2D eigenvalue weighted by atomic mass is 79.9. The highest BCUT2D eigenvalue weighted by molar-refractivity contribution is 9.11. The predicted molar refractivity (Wildman–Crippen MR) is 76.5 cm³/mol. The normalized spacial score (nSPS) is 24.1. The number of hydrogen-bond acceptors (Lipinski definition) is 4. The van der Waals surface area contributed by atoms with E-state index in [2.05, 4.69) is 35.1 Å². The van der Waals surface area contributed by atoms with E-state index in [1.54, 1.807) is 13.2 Å². The van der Waals surface area contributed by atoms with E-state index in [-0.39, 0.29) is 11.9 Å². The Labute approximate surface area is 119 Å². The fourth-order valence-electron chi connectivity index (χ4n) is 2.08. The van der Waals surface area contributed by atoms with Crippen LogP contribution in [0, 0.1) is 0 Å². The van der Waals surface area contributed by atoms with Gasteiger partial charge in [0.25, 0.3) is 5.91 Å². The Hall–Kier alpha value is -0.590. The summed E-state index contributed by atoms with van der Waals surface area (Å²) in [5, 5.41) is 3.37.